The van der Waals surface area contributed by atoms with Gasteiger partial charge in [-0.1, -0.05) is 12.1 Å². The number of anilines is 1. The molecule has 12 nitrogen and oxygen atoms in total. The van der Waals surface area contributed by atoms with Crippen LogP contribution in [0.3, 0.4) is 0 Å². The fraction of sp³-hybridized carbons (Fsp3) is 0.250. The molecule has 0 radical (unpaired) electrons. The van der Waals surface area contributed by atoms with E-state index in [1.54, 1.807) is 12.1 Å². The largest absolute Gasteiger partial charge is 0.481 e. The summed E-state index contributed by atoms with van der Waals surface area (Å²) in [6.07, 6.45) is 0.457. The van der Waals surface area contributed by atoms with Crippen LogP contribution in [0, 0.1) is 22.0 Å². The minimum absolute atomic E-state index is 0.0991. The number of nitrogens with one attached hydrogen (secondary N) is 1. The summed E-state index contributed by atoms with van der Waals surface area (Å²) < 4.78 is 0. The van der Waals surface area contributed by atoms with E-state index in [0.29, 0.717) is 4.90 Å². The molecule has 164 valence electrons. The summed E-state index contributed by atoms with van der Waals surface area (Å²) in [6, 6.07) is 8.49. The lowest BCUT2D eigenvalue weighted by molar-refractivity contribution is -0.384. The zero-order chi connectivity index (χ0) is 23.2. The lowest BCUT2D eigenvalue weighted by Gasteiger charge is -2.29. The molecule has 2 amide bonds. The first kappa shape index (κ1) is 21.1. The third-order valence-corrected chi connectivity index (χ3v) is 5.77. The highest BCUT2D eigenvalue weighted by atomic mass is 16.6. The second-order valence-corrected chi connectivity index (χ2v) is 7.52. The van der Waals surface area contributed by atoms with E-state index in [4.69, 9.17) is 0 Å². The van der Waals surface area contributed by atoms with Crippen molar-refractivity contribution in [3.63, 3.8) is 0 Å². The number of rotatable bonds is 6. The Kier molecular flexibility index (Phi) is 4.93. The van der Waals surface area contributed by atoms with Crippen molar-refractivity contribution < 1.29 is 34.3 Å². The average molecular weight is 440 g/mol. The molecule has 0 saturated carbocycles. The number of nitrogens with zero attached hydrogens (tertiary/aromatic N) is 3. The standard InChI is InChI=1S/C20H16N4O8/c25-13(26)9-20(19(29)30)15-14(16(22-20)12-6-1-2-7-21-12)17(27)23(18(15)28)10-4-3-5-11(8-10)24(31)32/h1-8,14-16,22H,9H2,(H,25,26)(H,29,30). The van der Waals surface area contributed by atoms with E-state index in [0.717, 1.165) is 6.07 Å². The first-order chi connectivity index (χ1) is 15.2. The third kappa shape index (κ3) is 3.08. The zero-order valence-electron chi connectivity index (χ0n) is 16.2. The number of hydrogen-bond donors (Lipinski definition) is 3. The van der Waals surface area contributed by atoms with Gasteiger partial charge in [0, 0.05) is 18.3 Å². The lowest BCUT2D eigenvalue weighted by Crippen LogP contribution is -2.57. The van der Waals surface area contributed by atoms with Gasteiger partial charge in [0.05, 0.1) is 40.6 Å². The fourth-order valence-corrected chi connectivity index (χ4v) is 4.49. The quantitative estimate of drug-likeness (QED) is 0.329. The third-order valence-electron chi connectivity index (χ3n) is 5.77. The Balaban J connectivity index is 1.87. The first-order valence-corrected chi connectivity index (χ1v) is 9.43. The van der Waals surface area contributed by atoms with Gasteiger partial charge in [0.15, 0.2) is 0 Å². The SMILES string of the molecule is O=C(O)CC1(C(=O)O)NC(c2ccccn2)C2C(=O)N(c3cccc([N+](=O)[O-])c3)C(=O)C21. The van der Waals surface area contributed by atoms with Gasteiger partial charge in [-0.3, -0.25) is 39.6 Å². The van der Waals surface area contributed by atoms with Gasteiger partial charge in [-0.2, -0.15) is 0 Å². The van der Waals surface area contributed by atoms with Crippen LogP contribution in [0.25, 0.3) is 0 Å². The molecular weight excluding hydrogens is 424 g/mol. The number of nitro benzene ring substituents is 1. The fourth-order valence-electron chi connectivity index (χ4n) is 4.49. The first-order valence-electron chi connectivity index (χ1n) is 9.43. The molecule has 4 unspecified atom stereocenters. The van der Waals surface area contributed by atoms with Crippen LogP contribution in [0.1, 0.15) is 18.2 Å². The summed E-state index contributed by atoms with van der Waals surface area (Å²) in [6.45, 7) is 0. The molecule has 2 aliphatic rings. The summed E-state index contributed by atoms with van der Waals surface area (Å²) in [7, 11) is 0. The Bertz CT molecular complexity index is 1150. The molecule has 0 bridgehead atoms. The molecule has 2 saturated heterocycles. The maximum absolute atomic E-state index is 13.4. The maximum atomic E-state index is 13.4. The van der Waals surface area contributed by atoms with E-state index in [-0.39, 0.29) is 17.1 Å². The molecule has 32 heavy (non-hydrogen) atoms. The molecule has 2 aliphatic heterocycles. The monoisotopic (exact) mass is 440 g/mol. The number of pyridine rings is 1. The molecule has 0 spiro atoms. The van der Waals surface area contributed by atoms with Crippen LogP contribution in [0.15, 0.2) is 48.7 Å². The molecule has 0 aliphatic carbocycles. The van der Waals surface area contributed by atoms with Crippen LogP contribution in [-0.4, -0.2) is 49.4 Å². The number of non-ortho nitro benzene ring substituents is 1. The summed E-state index contributed by atoms with van der Waals surface area (Å²) in [5, 5.41) is 33.2. The van der Waals surface area contributed by atoms with Crippen molar-refractivity contribution in [1.82, 2.24) is 10.3 Å². The maximum Gasteiger partial charge on any atom is 0.325 e. The number of nitro groups is 1. The van der Waals surface area contributed by atoms with Crippen molar-refractivity contribution in [2.24, 2.45) is 11.8 Å². The van der Waals surface area contributed by atoms with Crippen molar-refractivity contribution >= 4 is 35.1 Å². The number of benzene rings is 1. The highest BCUT2D eigenvalue weighted by molar-refractivity contribution is 6.24. The van der Waals surface area contributed by atoms with E-state index < -0.39 is 58.5 Å². The van der Waals surface area contributed by atoms with Crippen LogP contribution in [-0.2, 0) is 19.2 Å². The Hall–Kier alpha value is -4.19. The van der Waals surface area contributed by atoms with Crippen molar-refractivity contribution in [2.45, 2.75) is 18.0 Å². The van der Waals surface area contributed by atoms with Crippen LogP contribution < -0.4 is 10.2 Å². The van der Waals surface area contributed by atoms with E-state index in [2.05, 4.69) is 10.3 Å². The van der Waals surface area contributed by atoms with Gasteiger partial charge in [-0.05, 0) is 18.2 Å². The molecule has 2 aromatic rings. The van der Waals surface area contributed by atoms with E-state index in [1.807, 2.05) is 0 Å². The van der Waals surface area contributed by atoms with Crippen LogP contribution >= 0.6 is 0 Å². The number of imide groups is 1. The molecule has 2 fully saturated rings. The zero-order valence-corrected chi connectivity index (χ0v) is 16.2. The summed E-state index contributed by atoms with van der Waals surface area (Å²) in [5.41, 5.74) is -2.48. The van der Waals surface area contributed by atoms with Gasteiger partial charge in [0.1, 0.15) is 5.54 Å². The summed E-state index contributed by atoms with van der Waals surface area (Å²) in [4.78, 5) is 65.9. The minimum Gasteiger partial charge on any atom is -0.481 e. The molecule has 1 aromatic carbocycles. The van der Waals surface area contributed by atoms with Crippen molar-refractivity contribution in [2.75, 3.05) is 4.90 Å². The average Bonchev–Trinajstić information content (AvgIpc) is 3.23. The Labute approximate surface area is 179 Å². The van der Waals surface area contributed by atoms with Crippen LogP contribution in [0.5, 0.6) is 0 Å². The van der Waals surface area contributed by atoms with Gasteiger partial charge >= 0.3 is 11.9 Å². The number of carbonyl (C=O) groups excluding carboxylic acids is 2. The van der Waals surface area contributed by atoms with E-state index in [9.17, 15) is 39.5 Å². The molecular formula is C20H16N4O8. The van der Waals surface area contributed by atoms with Crippen LogP contribution in [0.2, 0.25) is 0 Å². The second kappa shape index (κ2) is 7.50. The number of carbonyl (C=O) groups is 4. The minimum atomic E-state index is -2.28. The van der Waals surface area contributed by atoms with E-state index in [1.165, 1.54) is 30.5 Å². The topological polar surface area (TPSA) is 180 Å². The van der Waals surface area contributed by atoms with Gasteiger partial charge in [0.25, 0.3) is 5.69 Å². The molecule has 4 atom stereocenters. The highest BCUT2D eigenvalue weighted by Crippen LogP contribution is 2.50. The van der Waals surface area contributed by atoms with Crippen molar-refractivity contribution in [1.29, 1.82) is 0 Å². The molecule has 3 N–H and O–H groups in total. The number of hydrogen-bond acceptors (Lipinski definition) is 8. The molecule has 1 aromatic heterocycles. The smallest absolute Gasteiger partial charge is 0.325 e. The van der Waals surface area contributed by atoms with Crippen molar-refractivity contribution in [3.05, 3.63) is 64.5 Å². The number of amides is 2. The van der Waals surface area contributed by atoms with Crippen LogP contribution in [0.4, 0.5) is 11.4 Å². The Morgan fingerprint density at radius 2 is 1.91 bits per heavy atom. The van der Waals surface area contributed by atoms with Gasteiger partial charge in [-0.15, -0.1) is 0 Å². The second-order valence-electron chi connectivity index (χ2n) is 7.52. The van der Waals surface area contributed by atoms with E-state index >= 15 is 0 Å². The molecule has 3 heterocycles. The Morgan fingerprint density at radius 3 is 2.50 bits per heavy atom. The van der Waals surface area contributed by atoms with Gasteiger partial charge in [0.2, 0.25) is 11.8 Å². The number of aromatic nitrogens is 1. The number of aliphatic carboxylic acids is 2. The number of carboxylic acid groups (broad SMARTS) is 2. The summed E-state index contributed by atoms with van der Waals surface area (Å²) in [5.74, 6) is -7.65. The lowest BCUT2D eigenvalue weighted by atomic mass is 9.78. The molecule has 12 heteroatoms. The Morgan fingerprint density at radius 1 is 1.16 bits per heavy atom. The highest BCUT2D eigenvalue weighted by Gasteiger charge is 2.69. The predicted octanol–water partition coefficient (Wildman–Crippen LogP) is 0.738. The van der Waals surface area contributed by atoms with Gasteiger partial charge in [-0.25, -0.2) is 4.90 Å². The predicted molar refractivity (Wildman–Crippen MR) is 105 cm³/mol. The number of carboxylic acids is 2. The molecule has 4 rings (SSSR count). The summed E-state index contributed by atoms with van der Waals surface area (Å²) >= 11 is 0. The van der Waals surface area contributed by atoms with Gasteiger partial charge < -0.3 is 10.2 Å². The van der Waals surface area contributed by atoms with Crippen molar-refractivity contribution in [3.8, 4) is 0 Å². The normalized spacial score (nSPS) is 26.8. The number of fused-ring (bicyclic) bond motifs is 1.